The molecule has 2 aromatic rings. The van der Waals surface area contributed by atoms with Crippen LogP contribution in [0.2, 0.25) is 0 Å². The molecule has 34 heavy (non-hydrogen) atoms. The summed E-state index contributed by atoms with van der Waals surface area (Å²) >= 11 is 0. The number of carbonyl (C=O) groups is 3. The molecule has 3 aliphatic carbocycles. The van der Waals surface area contributed by atoms with Crippen LogP contribution in [0.4, 0.5) is 0 Å². The predicted molar refractivity (Wildman–Crippen MR) is 121 cm³/mol. The van der Waals surface area contributed by atoms with Crippen molar-refractivity contribution in [3.8, 4) is 16.9 Å². The smallest absolute Gasteiger partial charge is 0.173 e. The van der Waals surface area contributed by atoms with Crippen molar-refractivity contribution in [2.45, 2.75) is 32.8 Å². The summed E-state index contributed by atoms with van der Waals surface area (Å²) in [6.07, 6.45) is 3.83. The van der Waals surface area contributed by atoms with E-state index in [0.717, 1.165) is 0 Å². The third-order valence-corrected chi connectivity index (χ3v) is 7.17. The van der Waals surface area contributed by atoms with Gasteiger partial charge in [-0.15, -0.1) is 0 Å². The van der Waals surface area contributed by atoms with E-state index in [1.54, 1.807) is 24.5 Å². The van der Waals surface area contributed by atoms with Crippen molar-refractivity contribution in [3.05, 3.63) is 64.2 Å². The molecule has 1 saturated carbocycles. The number of nitrogens with zero attached hydrogens (tertiary/aromatic N) is 1. The Morgan fingerprint density at radius 1 is 1.12 bits per heavy atom. The highest BCUT2D eigenvalue weighted by atomic mass is 16.3. The van der Waals surface area contributed by atoms with Gasteiger partial charge in [0.25, 0.3) is 0 Å². The lowest BCUT2D eigenvalue weighted by Gasteiger charge is -2.41. The summed E-state index contributed by atoms with van der Waals surface area (Å²) in [5, 5.41) is 42.0. The van der Waals surface area contributed by atoms with Gasteiger partial charge in [-0.1, -0.05) is 6.07 Å². The van der Waals surface area contributed by atoms with Gasteiger partial charge in [0.1, 0.15) is 17.3 Å². The second-order valence-electron chi connectivity index (χ2n) is 9.17. The Balaban J connectivity index is 1.67. The zero-order valence-corrected chi connectivity index (χ0v) is 18.4. The number of carbonyl (C=O) groups excluding carboxylic acids is 3. The topological polar surface area (TPSA) is 145 Å². The average molecular weight is 461 g/mol. The van der Waals surface area contributed by atoms with Gasteiger partial charge >= 0.3 is 0 Å². The summed E-state index contributed by atoms with van der Waals surface area (Å²) in [5.41, 5.74) is 2.55. The van der Waals surface area contributed by atoms with Crippen molar-refractivity contribution in [2.75, 3.05) is 0 Å². The van der Waals surface area contributed by atoms with E-state index in [4.69, 9.17) is 0 Å². The SMILES string of the molecule is CC(=O)C1=C(O)C2C(=O)C3=C(O)c4c(O)ccc(-c5cncc(CO)c5)c4CC3CC2CC1=O. The van der Waals surface area contributed by atoms with Gasteiger partial charge in [0.2, 0.25) is 0 Å². The van der Waals surface area contributed by atoms with E-state index in [1.165, 1.54) is 13.0 Å². The molecule has 0 radical (unpaired) electrons. The summed E-state index contributed by atoms with van der Waals surface area (Å²) in [6, 6.07) is 4.90. The van der Waals surface area contributed by atoms with Crippen LogP contribution < -0.4 is 0 Å². The first-order valence-electron chi connectivity index (χ1n) is 11.1. The van der Waals surface area contributed by atoms with E-state index < -0.39 is 40.9 Å². The molecule has 4 N–H and O–H groups in total. The predicted octanol–water partition coefficient (Wildman–Crippen LogP) is 2.97. The van der Waals surface area contributed by atoms with Crippen LogP contribution in [-0.4, -0.2) is 42.8 Å². The van der Waals surface area contributed by atoms with Crippen LogP contribution in [0, 0.1) is 17.8 Å². The lowest BCUT2D eigenvalue weighted by molar-refractivity contribution is -0.127. The van der Waals surface area contributed by atoms with Crippen LogP contribution in [0.25, 0.3) is 16.9 Å². The number of phenols is 1. The number of fused-ring (bicyclic) bond motifs is 3. The Morgan fingerprint density at radius 2 is 1.88 bits per heavy atom. The molecule has 1 aromatic heterocycles. The second-order valence-corrected chi connectivity index (χ2v) is 9.17. The summed E-state index contributed by atoms with van der Waals surface area (Å²) in [5.74, 6) is -4.62. The minimum Gasteiger partial charge on any atom is -0.511 e. The van der Waals surface area contributed by atoms with Gasteiger partial charge in [0.15, 0.2) is 17.3 Å². The van der Waals surface area contributed by atoms with Crippen molar-refractivity contribution in [2.24, 2.45) is 17.8 Å². The Kier molecular flexibility index (Phi) is 5.13. The lowest BCUT2D eigenvalue weighted by atomic mass is 9.61. The molecule has 3 aliphatic rings. The van der Waals surface area contributed by atoms with Gasteiger partial charge in [-0.2, -0.15) is 0 Å². The quantitative estimate of drug-likeness (QED) is 0.511. The zero-order chi connectivity index (χ0) is 24.3. The number of aliphatic hydroxyl groups is 3. The van der Waals surface area contributed by atoms with Gasteiger partial charge in [0.05, 0.1) is 23.7 Å². The van der Waals surface area contributed by atoms with Gasteiger partial charge in [-0.05, 0) is 60.4 Å². The fraction of sp³-hybridized carbons (Fsp3) is 0.308. The molecule has 1 aromatic carbocycles. The Bertz CT molecular complexity index is 1340. The van der Waals surface area contributed by atoms with Gasteiger partial charge in [-0.3, -0.25) is 19.4 Å². The first-order valence-corrected chi connectivity index (χ1v) is 11.1. The van der Waals surface area contributed by atoms with Crippen LogP contribution in [0.3, 0.4) is 0 Å². The van der Waals surface area contributed by atoms with Crippen molar-refractivity contribution >= 4 is 23.1 Å². The van der Waals surface area contributed by atoms with Crippen molar-refractivity contribution in [1.29, 1.82) is 0 Å². The van der Waals surface area contributed by atoms with Gasteiger partial charge in [0, 0.05) is 30.0 Å². The highest BCUT2D eigenvalue weighted by Crippen LogP contribution is 2.51. The van der Waals surface area contributed by atoms with Crippen LogP contribution in [-0.2, 0) is 27.4 Å². The fourth-order valence-electron chi connectivity index (χ4n) is 5.75. The van der Waals surface area contributed by atoms with Gasteiger partial charge < -0.3 is 20.4 Å². The van der Waals surface area contributed by atoms with E-state index in [-0.39, 0.29) is 41.2 Å². The van der Waals surface area contributed by atoms with Crippen LogP contribution in [0.5, 0.6) is 5.75 Å². The molecule has 174 valence electrons. The summed E-state index contributed by atoms with van der Waals surface area (Å²) in [6.45, 7) is 0.984. The molecule has 3 unspecified atom stereocenters. The van der Waals surface area contributed by atoms with E-state index >= 15 is 0 Å². The Labute approximate surface area is 194 Å². The largest absolute Gasteiger partial charge is 0.511 e. The third-order valence-electron chi connectivity index (χ3n) is 7.17. The van der Waals surface area contributed by atoms with Crippen LogP contribution in [0.1, 0.15) is 36.5 Å². The molecule has 0 aliphatic heterocycles. The molecule has 5 rings (SSSR count). The highest BCUT2D eigenvalue weighted by Gasteiger charge is 2.50. The minimum absolute atomic E-state index is 0.0257. The van der Waals surface area contributed by atoms with Crippen molar-refractivity contribution in [3.63, 3.8) is 0 Å². The summed E-state index contributed by atoms with van der Waals surface area (Å²) in [4.78, 5) is 42.1. The Hall–Kier alpha value is -3.78. The number of benzene rings is 1. The number of phenolic OH excluding ortho intramolecular Hbond substituents is 1. The zero-order valence-electron chi connectivity index (χ0n) is 18.4. The molecule has 0 spiro atoms. The molecule has 8 heteroatoms. The number of allylic oxidation sites excluding steroid dienone is 3. The number of aromatic hydroxyl groups is 1. The molecule has 1 fully saturated rings. The number of hydrogen-bond donors (Lipinski definition) is 4. The number of aromatic nitrogens is 1. The normalized spacial score (nSPS) is 24.0. The van der Waals surface area contributed by atoms with Crippen molar-refractivity contribution < 1.29 is 34.8 Å². The lowest BCUT2D eigenvalue weighted by Crippen LogP contribution is -2.43. The maximum atomic E-state index is 13.5. The number of rotatable bonds is 3. The van der Waals surface area contributed by atoms with Crippen molar-refractivity contribution in [1.82, 2.24) is 4.98 Å². The number of Topliss-reactive ketones (excluding diaryl/α,β-unsaturated/α-hetero) is 3. The second kappa shape index (κ2) is 7.92. The third kappa shape index (κ3) is 3.17. The standard InChI is InChI=1S/C26H23NO7/c1-11(29)20-19(31)7-14-5-13-6-17-16(15-4-12(10-28)8-27-9-15)2-3-18(30)23(17)26(34)21(13)25(33)22(14)24(20)32/h2-4,8-9,13-14,22,28,30,32,34H,5-7,10H2,1H3. The molecule has 8 nitrogen and oxygen atoms in total. The molecule has 0 saturated heterocycles. The van der Waals surface area contributed by atoms with E-state index in [1.807, 2.05) is 0 Å². The Morgan fingerprint density at radius 3 is 2.59 bits per heavy atom. The van der Waals surface area contributed by atoms with E-state index in [2.05, 4.69) is 4.98 Å². The monoisotopic (exact) mass is 461 g/mol. The molecule has 0 bridgehead atoms. The molecule has 0 amide bonds. The first-order chi connectivity index (χ1) is 16.2. The number of ketones is 3. The number of hydrogen-bond acceptors (Lipinski definition) is 8. The summed E-state index contributed by atoms with van der Waals surface area (Å²) < 4.78 is 0. The minimum atomic E-state index is -1.07. The molecule has 1 heterocycles. The average Bonchev–Trinajstić information content (AvgIpc) is 2.78. The van der Waals surface area contributed by atoms with E-state index in [9.17, 15) is 34.8 Å². The number of aliphatic hydroxyl groups excluding tert-OH is 3. The first kappa shape index (κ1) is 22.0. The maximum absolute atomic E-state index is 13.5. The van der Waals surface area contributed by atoms with Crippen LogP contribution >= 0.6 is 0 Å². The molecular formula is C26H23NO7. The van der Waals surface area contributed by atoms with E-state index in [0.29, 0.717) is 35.1 Å². The molecule has 3 atom stereocenters. The summed E-state index contributed by atoms with van der Waals surface area (Å²) in [7, 11) is 0. The fourth-order valence-corrected chi connectivity index (χ4v) is 5.75. The number of pyridine rings is 1. The maximum Gasteiger partial charge on any atom is 0.173 e. The molecular weight excluding hydrogens is 438 g/mol. The van der Waals surface area contributed by atoms with Crippen LogP contribution in [0.15, 0.2) is 47.5 Å². The van der Waals surface area contributed by atoms with Gasteiger partial charge in [-0.25, -0.2) is 0 Å². The highest BCUT2D eigenvalue weighted by molar-refractivity contribution is 6.22.